The third-order valence-corrected chi connectivity index (χ3v) is 6.79. The number of hydrogen-bond donors (Lipinski definition) is 2. The van der Waals surface area contributed by atoms with Gasteiger partial charge in [-0.2, -0.15) is 15.3 Å². The summed E-state index contributed by atoms with van der Waals surface area (Å²) in [5.41, 5.74) is 7.84. The van der Waals surface area contributed by atoms with E-state index in [0.29, 0.717) is 41.7 Å². The SMILES string of the molecule is CC(c1nn2ccc(C#N)c2c(=O)n1-c1ccccc1)C1CCN1c1nc(N)nc2c1C(=O)NC2. The summed E-state index contributed by atoms with van der Waals surface area (Å²) in [6.07, 6.45) is 2.45. The molecule has 1 saturated heterocycles. The minimum Gasteiger partial charge on any atom is -0.368 e. The Labute approximate surface area is 199 Å². The molecule has 6 rings (SSSR count). The van der Waals surface area contributed by atoms with Gasteiger partial charge in [-0.1, -0.05) is 25.1 Å². The van der Waals surface area contributed by atoms with E-state index in [1.807, 2.05) is 42.2 Å². The molecule has 2 aliphatic rings. The summed E-state index contributed by atoms with van der Waals surface area (Å²) in [5.74, 6) is 0.737. The van der Waals surface area contributed by atoms with Crippen molar-refractivity contribution in [2.24, 2.45) is 0 Å². The molecule has 5 heterocycles. The summed E-state index contributed by atoms with van der Waals surface area (Å²) in [6.45, 7) is 3.01. The second-order valence-corrected chi connectivity index (χ2v) is 8.72. The number of nitrogen functional groups attached to an aromatic ring is 1. The number of nitrogens with one attached hydrogen (secondary N) is 1. The lowest BCUT2D eigenvalue weighted by atomic mass is 9.89. The average molecular weight is 467 g/mol. The second kappa shape index (κ2) is 7.66. The molecule has 3 N–H and O–H groups in total. The molecule has 0 saturated carbocycles. The van der Waals surface area contributed by atoms with Gasteiger partial charge in [-0.15, -0.1) is 0 Å². The van der Waals surface area contributed by atoms with Gasteiger partial charge in [0.05, 0.1) is 23.5 Å². The highest BCUT2D eigenvalue weighted by atomic mass is 16.2. The van der Waals surface area contributed by atoms with Crippen LogP contribution >= 0.6 is 0 Å². The smallest absolute Gasteiger partial charge is 0.283 e. The molecule has 0 radical (unpaired) electrons. The van der Waals surface area contributed by atoms with E-state index in [-0.39, 0.29) is 40.5 Å². The molecule has 1 amide bonds. The number of nitrogens with two attached hydrogens (primary N) is 1. The first kappa shape index (κ1) is 20.9. The molecule has 0 aliphatic carbocycles. The number of amides is 1. The number of nitrogens with zero attached hydrogens (tertiary/aromatic N) is 7. The molecule has 35 heavy (non-hydrogen) atoms. The minimum atomic E-state index is -0.313. The van der Waals surface area contributed by atoms with Crippen LogP contribution in [0.1, 0.15) is 46.7 Å². The van der Waals surface area contributed by atoms with E-state index in [1.165, 1.54) is 4.52 Å². The molecule has 0 spiro atoms. The van der Waals surface area contributed by atoms with Crippen LogP contribution in [0.3, 0.4) is 0 Å². The minimum absolute atomic E-state index is 0.0767. The zero-order valence-electron chi connectivity index (χ0n) is 18.8. The van der Waals surface area contributed by atoms with Crippen molar-refractivity contribution < 1.29 is 4.79 Å². The third kappa shape index (κ3) is 3.07. The van der Waals surface area contributed by atoms with Gasteiger partial charge in [0.15, 0.2) is 0 Å². The van der Waals surface area contributed by atoms with E-state index in [9.17, 15) is 14.9 Å². The van der Waals surface area contributed by atoms with Crippen molar-refractivity contribution in [3.8, 4) is 11.8 Å². The van der Waals surface area contributed by atoms with Gasteiger partial charge in [0.25, 0.3) is 11.5 Å². The van der Waals surface area contributed by atoms with Crippen molar-refractivity contribution in [2.75, 3.05) is 17.2 Å². The van der Waals surface area contributed by atoms with E-state index in [0.717, 1.165) is 6.42 Å². The number of carbonyl (C=O) groups is 1. The zero-order valence-corrected chi connectivity index (χ0v) is 18.8. The van der Waals surface area contributed by atoms with Crippen LogP contribution in [-0.4, -0.2) is 42.6 Å². The van der Waals surface area contributed by atoms with Gasteiger partial charge >= 0.3 is 0 Å². The first-order chi connectivity index (χ1) is 17.0. The Morgan fingerprint density at radius 2 is 2.00 bits per heavy atom. The number of hydrogen-bond acceptors (Lipinski definition) is 8. The second-order valence-electron chi connectivity index (χ2n) is 8.72. The monoisotopic (exact) mass is 467 g/mol. The Kier molecular flexibility index (Phi) is 4.57. The predicted octanol–water partition coefficient (Wildman–Crippen LogP) is 1.35. The maximum absolute atomic E-state index is 13.7. The van der Waals surface area contributed by atoms with Gasteiger partial charge in [-0.25, -0.2) is 9.50 Å². The quantitative estimate of drug-likeness (QED) is 0.457. The Morgan fingerprint density at radius 3 is 2.71 bits per heavy atom. The fraction of sp³-hybridized carbons (Fsp3) is 0.250. The lowest BCUT2D eigenvalue weighted by Crippen LogP contribution is -2.52. The summed E-state index contributed by atoms with van der Waals surface area (Å²) < 4.78 is 3.05. The first-order valence-electron chi connectivity index (χ1n) is 11.3. The average Bonchev–Trinajstić information content (AvgIpc) is 3.42. The van der Waals surface area contributed by atoms with Gasteiger partial charge in [0, 0.05) is 24.7 Å². The molecule has 2 aliphatic heterocycles. The summed E-state index contributed by atoms with van der Waals surface area (Å²) >= 11 is 0. The van der Waals surface area contributed by atoms with E-state index in [4.69, 9.17) is 10.8 Å². The van der Waals surface area contributed by atoms with E-state index in [1.54, 1.807) is 16.8 Å². The van der Waals surface area contributed by atoms with Gasteiger partial charge in [-0.05, 0) is 24.6 Å². The van der Waals surface area contributed by atoms with Crippen molar-refractivity contribution in [2.45, 2.75) is 31.8 Å². The first-order valence-corrected chi connectivity index (χ1v) is 11.3. The Hall–Kier alpha value is -4.72. The lowest BCUT2D eigenvalue weighted by molar-refractivity contribution is 0.0965. The van der Waals surface area contributed by atoms with Crippen LogP contribution in [0, 0.1) is 11.3 Å². The molecule has 4 aromatic rings. The number of para-hydroxylation sites is 1. The summed E-state index contributed by atoms with van der Waals surface area (Å²) in [7, 11) is 0. The lowest BCUT2D eigenvalue weighted by Gasteiger charge is -2.45. The summed E-state index contributed by atoms with van der Waals surface area (Å²) in [6, 6.07) is 12.9. The largest absolute Gasteiger partial charge is 0.368 e. The van der Waals surface area contributed by atoms with Crippen molar-refractivity contribution >= 4 is 23.2 Å². The molecular weight excluding hydrogens is 446 g/mol. The standard InChI is InChI=1S/C24H21N9O2/c1-13(17-8-9-31(17)21-18-16(12-27-22(18)34)28-24(26)29-21)20-30-32-10-7-14(11-25)19(32)23(35)33(20)15-5-3-2-4-6-15/h2-7,10,13,17H,8-9,12H2,1H3,(H,27,34)(H2,26,28,29). The van der Waals surface area contributed by atoms with Crippen molar-refractivity contribution in [1.82, 2.24) is 29.5 Å². The van der Waals surface area contributed by atoms with E-state index < -0.39 is 0 Å². The van der Waals surface area contributed by atoms with Crippen molar-refractivity contribution in [1.29, 1.82) is 5.26 Å². The van der Waals surface area contributed by atoms with Gasteiger partial charge < -0.3 is 16.0 Å². The topological polar surface area (TPSA) is 147 Å². The Bertz CT molecular complexity index is 1600. The van der Waals surface area contributed by atoms with Gasteiger partial charge in [0.2, 0.25) is 5.95 Å². The molecule has 0 bridgehead atoms. The molecule has 11 heteroatoms. The van der Waals surface area contributed by atoms with Gasteiger partial charge in [-0.3, -0.25) is 14.2 Å². The molecule has 1 fully saturated rings. The number of nitriles is 1. The third-order valence-electron chi connectivity index (χ3n) is 6.79. The van der Waals surface area contributed by atoms with Crippen molar-refractivity contribution in [3.05, 3.63) is 75.6 Å². The van der Waals surface area contributed by atoms with Crippen LogP contribution in [0.4, 0.5) is 11.8 Å². The predicted molar refractivity (Wildman–Crippen MR) is 127 cm³/mol. The number of rotatable bonds is 4. The normalized spacial score (nSPS) is 17.5. The zero-order chi connectivity index (χ0) is 24.3. The molecule has 174 valence electrons. The number of fused-ring (bicyclic) bond motifs is 2. The Balaban J connectivity index is 1.49. The summed E-state index contributed by atoms with van der Waals surface area (Å²) in [4.78, 5) is 36.8. The van der Waals surface area contributed by atoms with E-state index >= 15 is 0 Å². The van der Waals surface area contributed by atoms with Crippen LogP contribution in [0.25, 0.3) is 11.2 Å². The van der Waals surface area contributed by atoms with Crippen LogP contribution < -0.4 is 21.5 Å². The molecule has 3 aromatic heterocycles. The maximum Gasteiger partial charge on any atom is 0.283 e. The fourth-order valence-corrected chi connectivity index (χ4v) is 4.99. The molecule has 11 nitrogen and oxygen atoms in total. The summed E-state index contributed by atoms with van der Waals surface area (Å²) in [5, 5.41) is 17.1. The Morgan fingerprint density at radius 1 is 1.20 bits per heavy atom. The van der Waals surface area contributed by atoms with Crippen LogP contribution in [0.5, 0.6) is 0 Å². The molecule has 2 atom stereocenters. The van der Waals surface area contributed by atoms with Crippen LogP contribution in [0.15, 0.2) is 47.4 Å². The van der Waals surface area contributed by atoms with Crippen LogP contribution in [-0.2, 0) is 6.54 Å². The fourth-order valence-electron chi connectivity index (χ4n) is 4.99. The highest BCUT2D eigenvalue weighted by molar-refractivity contribution is 6.02. The molecule has 1 aromatic carbocycles. The highest BCUT2D eigenvalue weighted by Crippen LogP contribution is 2.38. The van der Waals surface area contributed by atoms with Crippen LogP contribution in [0.2, 0.25) is 0 Å². The number of benzene rings is 1. The maximum atomic E-state index is 13.7. The number of carbonyl (C=O) groups excluding carboxylic acids is 1. The number of aromatic nitrogens is 5. The molecular formula is C24H21N9O2. The van der Waals surface area contributed by atoms with Gasteiger partial charge in [0.1, 0.15) is 28.8 Å². The van der Waals surface area contributed by atoms with Crippen molar-refractivity contribution in [3.63, 3.8) is 0 Å². The highest BCUT2D eigenvalue weighted by Gasteiger charge is 2.40. The number of anilines is 2. The van der Waals surface area contributed by atoms with E-state index in [2.05, 4.69) is 21.4 Å². The molecule has 2 unspecified atom stereocenters.